The average molecular weight is 422 g/mol. The number of nitrogens with zero attached hydrogens (tertiary/aromatic N) is 1. The van der Waals surface area contributed by atoms with E-state index in [1.54, 1.807) is 36.4 Å². The Labute approximate surface area is 171 Å². The second-order valence-corrected chi connectivity index (χ2v) is 7.79. The topological polar surface area (TPSA) is 97.0 Å². The molecule has 0 saturated carbocycles. The highest BCUT2D eigenvalue weighted by atomic mass is 32.2. The summed E-state index contributed by atoms with van der Waals surface area (Å²) >= 11 is 0. The molecular formula is C20H27N3O5S. The van der Waals surface area contributed by atoms with E-state index in [-0.39, 0.29) is 17.4 Å². The molecule has 0 aliphatic heterocycles. The number of methoxy groups -OCH3 is 2. The van der Waals surface area contributed by atoms with Crippen LogP contribution in [0.15, 0.2) is 47.4 Å². The first kappa shape index (κ1) is 22.5. The van der Waals surface area contributed by atoms with Crippen LogP contribution in [0.25, 0.3) is 0 Å². The first-order valence-corrected chi connectivity index (χ1v) is 10.7. The Morgan fingerprint density at radius 2 is 1.76 bits per heavy atom. The van der Waals surface area contributed by atoms with Gasteiger partial charge >= 0.3 is 0 Å². The predicted octanol–water partition coefficient (Wildman–Crippen LogP) is 2.93. The van der Waals surface area contributed by atoms with Crippen molar-refractivity contribution in [3.8, 4) is 5.75 Å². The lowest BCUT2D eigenvalue weighted by Crippen LogP contribution is -2.26. The van der Waals surface area contributed by atoms with Gasteiger partial charge in [-0.1, -0.05) is 12.1 Å². The maximum atomic E-state index is 13.3. The van der Waals surface area contributed by atoms with E-state index in [0.717, 1.165) is 0 Å². The Bertz CT molecular complexity index is 943. The van der Waals surface area contributed by atoms with Crippen molar-refractivity contribution in [1.29, 1.82) is 0 Å². The maximum Gasteiger partial charge on any atom is 0.264 e. The summed E-state index contributed by atoms with van der Waals surface area (Å²) in [5, 5.41) is 2.64. The number of benzene rings is 2. The summed E-state index contributed by atoms with van der Waals surface area (Å²) in [7, 11) is -1.08. The molecule has 0 fully saturated rings. The van der Waals surface area contributed by atoms with Crippen LogP contribution in [0.3, 0.4) is 0 Å². The van der Waals surface area contributed by atoms with E-state index in [1.165, 1.54) is 20.3 Å². The zero-order valence-corrected chi connectivity index (χ0v) is 17.9. The summed E-state index contributed by atoms with van der Waals surface area (Å²) in [6.45, 7) is 5.02. The van der Waals surface area contributed by atoms with E-state index >= 15 is 0 Å². The van der Waals surface area contributed by atoms with Gasteiger partial charge in [-0.3, -0.25) is 9.52 Å². The van der Waals surface area contributed by atoms with Gasteiger partial charge in [0, 0.05) is 25.9 Å². The molecule has 8 nitrogen and oxygen atoms in total. The number of nitrogens with one attached hydrogen (secondary N) is 2. The van der Waals surface area contributed by atoms with E-state index in [2.05, 4.69) is 10.0 Å². The summed E-state index contributed by atoms with van der Waals surface area (Å²) in [4.78, 5) is 13.8. The number of anilines is 3. The number of para-hydroxylation sites is 2. The van der Waals surface area contributed by atoms with Gasteiger partial charge in [-0.05, 0) is 44.2 Å². The van der Waals surface area contributed by atoms with Crippen molar-refractivity contribution in [2.24, 2.45) is 0 Å². The van der Waals surface area contributed by atoms with Crippen LogP contribution in [0.4, 0.5) is 17.1 Å². The molecule has 0 atom stereocenters. The minimum absolute atomic E-state index is 0.0577. The molecule has 29 heavy (non-hydrogen) atoms. The highest BCUT2D eigenvalue weighted by Crippen LogP contribution is 2.32. The summed E-state index contributed by atoms with van der Waals surface area (Å²) < 4.78 is 39.2. The smallest absolute Gasteiger partial charge is 0.264 e. The Morgan fingerprint density at radius 1 is 1.07 bits per heavy atom. The Morgan fingerprint density at radius 3 is 2.38 bits per heavy atom. The monoisotopic (exact) mass is 421 g/mol. The van der Waals surface area contributed by atoms with E-state index in [9.17, 15) is 13.2 Å². The average Bonchev–Trinajstić information content (AvgIpc) is 2.70. The van der Waals surface area contributed by atoms with Crippen molar-refractivity contribution >= 4 is 33.0 Å². The van der Waals surface area contributed by atoms with Gasteiger partial charge in [-0.25, -0.2) is 8.42 Å². The molecule has 2 aromatic carbocycles. The van der Waals surface area contributed by atoms with Crippen molar-refractivity contribution in [3.63, 3.8) is 0 Å². The highest BCUT2D eigenvalue weighted by Gasteiger charge is 2.23. The van der Waals surface area contributed by atoms with E-state index in [1.807, 2.05) is 18.7 Å². The molecule has 0 heterocycles. The van der Waals surface area contributed by atoms with Gasteiger partial charge in [0.25, 0.3) is 10.0 Å². The van der Waals surface area contributed by atoms with Crippen molar-refractivity contribution in [2.75, 3.05) is 48.9 Å². The largest absolute Gasteiger partial charge is 0.495 e. The van der Waals surface area contributed by atoms with Crippen LogP contribution < -0.4 is 19.7 Å². The molecule has 0 aromatic heterocycles. The molecule has 0 unspecified atom stereocenters. The van der Waals surface area contributed by atoms with Crippen LogP contribution in [0.5, 0.6) is 5.75 Å². The van der Waals surface area contributed by atoms with Crippen LogP contribution >= 0.6 is 0 Å². The normalized spacial score (nSPS) is 11.0. The van der Waals surface area contributed by atoms with Crippen LogP contribution in [0, 0.1) is 0 Å². The maximum absolute atomic E-state index is 13.3. The van der Waals surface area contributed by atoms with Crippen LogP contribution in [-0.2, 0) is 19.6 Å². The number of sulfonamides is 1. The van der Waals surface area contributed by atoms with Crippen molar-refractivity contribution in [3.05, 3.63) is 42.5 Å². The Hall–Kier alpha value is -2.78. The van der Waals surface area contributed by atoms with Gasteiger partial charge in [0.05, 0.1) is 18.5 Å². The quantitative estimate of drug-likeness (QED) is 0.612. The summed E-state index contributed by atoms with van der Waals surface area (Å²) in [6.07, 6.45) is 0. The van der Waals surface area contributed by atoms with E-state index in [4.69, 9.17) is 9.47 Å². The summed E-state index contributed by atoms with van der Waals surface area (Å²) in [6, 6.07) is 11.6. The molecule has 0 aliphatic carbocycles. The van der Waals surface area contributed by atoms with Crippen LogP contribution in [-0.4, -0.2) is 48.2 Å². The summed E-state index contributed by atoms with van der Waals surface area (Å²) in [5.74, 6) is 0.0362. The van der Waals surface area contributed by atoms with Crippen LogP contribution in [0.2, 0.25) is 0 Å². The lowest BCUT2D eigenvalue weighted by Gasteiger charge is -2.25. The van der Waals surface area contributed by atoms with Crippen molar-refractivity contribution in [2.45, 2.75) is 18.7 Å². The van der Waals surface area contributed by atoms with Crippen LogP contribution in [0.1, 0.15) is 13.8 Å². The third-order valence-corrected chi connectivity index (χ3v) is 5.66. The SMILES string of the molecule is CCN(CC)c1ccc(NC(=O)COC)cc1S(=O)(=O)Nc1ccccc1OC. The second-order valence-electron chi connectivity index (χ2n) is 6.14. The third kappa shape index (κ3) is 5.61. The number of hydrogen-bond donors (Lipinski definition) is 2. The number of hydrogen-bond acceptors (Lipinski definition) is 6. The summed E-state index contributed by atoms with van der Waals surface area (Å²) in [5.41, 5.74) is 1.24. The number of amides is 1. The van der Waals surface area contributed by atoms with Gasteiger partial charge in [-0.2, -0.15) is 0 Å². The zero-order chi connectivity index (χ0) is 21.4. The minimum Gasteiger partial charge on any atom is -0.495 e. The molecule has 0 bridgehead atoms. The molecule has 0 saturated heterocycles. The van der Waals surface area contributed by atoms with Gasteiger partial charge in [-0.15, -0.1) is 0 Å². The first-order valence-electron chi connectivity index (χ1n) is 9.19. The molecule has 0 spiro atoms. The number of rotatable bonds is 10. The van der Waals surface area contributed by atoms with Gasteiger partial charge in [0.1, 0.15) is 17.3 Å². The molecule has 1 amide bonds. The highest BCUT2D eigenvalue weighted by molar-refractivity contribution is 7.93. The fraction of sp³-hybridized carbons (Fsp3) is 0.350. The molecule has 0 radical (unpaired) electrons. The lowest BCUT2D eigenvalue weighted by molar-refractivity contribution is -0.119. The number of carbonyl (C=O) groups is 1. The molecule has 0 aliphatic rings. The van der Waals surface area contributed by atoms with E-state index < -0.39 is 10.0 Å². The molecule has 2 rings (SSSR count). The lowest BCUT2D eigenvalue weighted by atomic mass is 10.2. The minimum atomic E-state index is -3.97. The number of ether oxygens (including phenoxy) is 2. The van der Waals surface area contributed by atoms with Gasteiger partial charge in [0.2, 0.25) is 5.91 Å². The van der Waals surface area contributed by atoms with Gasteiger partial charge in [0.15, 0.2) is 0 Å². The molecular weight excluding hydrogens is 394 g/mol. The van der Waals surface area contributed by atoms with Crippen molar-refractivity contribution < 1.29 is 22.7 Å². The predicted molar refractivity (Wildman–Crippen MR) is 114 cm³/mol. The zero-order valence-electron chi connectivity index (χ0n) is 17.1. The molecule has 2 N–H and O–H groups in total. The van der Waals surface area contributed by atoms with Crippen molar-refractivity contribution in [1.82, 2.24) is 0 Å². The standard InChI is InChI=1S/C20H27N3O5S/c1-5-23(6-2)17-12-11-15(21-20(24)14-27-3)13-19(17)29(25,26)22-16-9-7-8-10-18(16)28-4/h7-13,22H,5-6,14H2,1-4H3,(H,21,24). The first-order chi connectivity index (χ1) is 13.9. The second kappa shape index (κ2) is 10.1. The Balaban J connectivity index is 2.51. The fourth-order valence-electron chi connectivity index (χ4n) is 2.89. The number of carbonyl (C=O) groups excluding carboxylic acids is 1. The molecule has 9 heteroatoms. The molecule has 158 valence electrons. The van der Waals surface area contributed by atoms with Gasteiger partial charge < -0.3 is 19.7 Å². The molecule has 2 aromatic rings. The third-order valence-electron chi connectivity index (χ3n) is 4.26. The van der Waals surface area contributed by atoms with E-state index in [0.29, 0.717) is 35.9 Å². The Kier molecular flexibility index (Phi) is 7.86. The fourth-order valence-corrected chi connectivity index (χ4v) is 4.21.